The molecule has 0 bridgehead atoms. The van der Waals surface area contributed by atoms with Crippen LogP contribution in [-0.2, 0) is 19.0 Å². The Morgan fingerprint density at radius 3 is 2.80 bits per heavy atom. The number of carbonyl (C=O) groups is 1. The highest BCUT2D eigenvalue weighted by Crippen LogP contribution is 2.73. The molecular weight excluding hydrogens is 316 g/mol. The summed E-state index contributed by atoms with van der Waals surface area (Å²) >= 11 is 0. The number of epoxide rings is 1. The first-order valence-electron chi connectivity index (χ1n) is 10.0. The summed E-state index contributed by atoms with van der Waals surface area (Å²) in [5.41, 5.74) is 1.93. The summed E-state index contributed by atoms with van der Waals surface area (Å²) in [6.07, 6.45) is 6.58. The zero-order valence-corrected chi connectivity index (χ0v) is 15.9. The van der Waals surface area contributed by atoms with E-state index in [4.69, 9.17) is 14.2 Å². The Bertz CT molecular complexity index is 667. The molecule has 6 atom stereocenters. The summed E-state index contributed by atoms with van der Waals surface area (Å²) in [6, 6.07) is 0. The fourth-order valence-corrected chi connectivity index (χ4v) is 7.16. The smallest absolute Gasteiger partial charge is 0.334 e. The average Bonchev–Trinajstić information content (AvgIpc) is 3.15. The van der Waals surface area contributed by atoms with Gasteiger partial charge in [0.25, 0.3) is 0 Å². The minimum atomic E-state index is -0.219. The van der Waals surface area contributed by atoms with Gasteiger partial charge in [-0.1, -0.05) is 20.8 Å². The number of hydrogen-bond donors (Lipinski definition) is 0. The van der Waals surface area contributed by atoms with Crippen LogP contribution in [0, 0.1) is 23.2 Å². The average molecular weight is 346 g/mol. The van der Waals surface area contributed by atoms with E-state index in [-0.39, 0.29) is 28.7 Å². The third kappa shape index (κ3) is 1.74. The molecule has 5 rings (SSSR count). The molecule has 0 N–H and O–H groups in total. The van der Waals surface area contributed by atoms with Gasteiger partial charge in [0.1, 0.15) is 17.8 Å². The molecule has 0 aromatic rings. The summed E-state index contributed by atoms with van der Waals surface area (Å²) in [4.78, 5) is 12.1. The van der Waals surface area contributed by atoms with E-state index in [9.17, 15) is 4.79 Å². The zero-order chi connectivity index (χ0) is 17.6. The van der Waals surface area contributed by atoms with Crippen LogP contribution >= 0.6 is 0 Å². The predicted octanol–water partition coefficient (Wildman–Crippen LogP) is 3.64. The van der Waals surface area contributed by atoms with E-state index in [1.807, 2.05) is 7.11 Å². The van der Waals surface area contributed by atoms with Crippen molar-refractivity contribution in [2.45, 2.75) is 76.6 Å². The molecule has 4 nitrogen and oxygen atoms in total. The maximum absolute atomic E-state index is 12.1. The second-order valence-corrected chi connectivity index (χ2v) is 9.56. The lowest BCUT2D eigenvalue weighted by Crippen LogP contribution is -2.68. The Kier molecular flexibility index (Phi) is 3.19. The predicted molar refractivity (Wildman–Crippen MR) is 93.0 cm³/mol. The van der Waals surface area contributed by atoms with Crippen molar-refractivity contribution in [1.82, 2.24) is 0 Å². The highest BCUT2D eigenvalue weighted by Gasteiger charge is 2.80. The Morgan fingerprint density at radius 1 is 1.28 bits per heavy atom. The van der Waals surface area contributed by atoms with Crippen LogP contribution in [0.5, 0.6) is 0 Å². The van der Waals surface area contributed by atoms with Gasteiger partial charge in [0, 0.05) is 18.1 Å². The first-order valence-corrected chi connectivity index (χ1v) is 10.0. The van der Waals surface area contributed by atoms with Crippen molar-refractivity contribution in [2.75, 3.05) is 13.7 Å². The normalized spacial score (nSPS) is 50.8. The largest absolute Gasteiger partial charge is 0.458 e. The summed E-state index contributed by atoms with van der Waals surface area (Å²) in [7, 11) is 1.89. The summed E-state index contributed by atoms with van der Waals surface area (Å²) in [6.45, 7) is 7.57. The second kappa shape index (κ2) is 4.89. The topological polar surface area (TPSA) is 48.1 Å². The quantitative estimate of drug-likeness (QED) is 0.566. The molecule has 6 unspecified atom stereocenters. The van der Waals surface area contributed by atoms with Crippen molar-refractivity contribution in [3.05, 3.63) is 11.1 Å². The van der Waals surface area contributed by atoms with Crippen LogP contribution < -0.4 is 0 Å². The fraction of sp³-hybridized carbons (Fsp3) is 0.857. The van der Waals surface area contributed by atoms with Crippen molar-refractivity contribution in [3.63, 3.8) is 0 Å². The molecule has 3 aliphatic carbocycles. The van der Waals surface area contributed by atoms with E-state index in [2.05, 4.69) is 20.8 Å². The third-order valence-electron chi connectivity index (χ3n) is 8.67. The van der Waals surface area contributed by atoms with Gasteiger partial charge in [-0.15, -0.1) is 0 Å². The number of methoxy groups -OCH3 is 1. The summed E-state index contributed by atoms with van der Waals surface area (Å²) in [5.74, 6) is 1.70. The van der Waals surface area contributed by atoms with Gasteiger partial charge in [-0.2, -0.15) is 0 Å². The van der Waals surface area contributed by atoms with Gasteiger partial charge < -0.3 is 14.2 Å². The fourth-order valence-electron chi connectivity index (χ4n) is 7.16. The monoisotopic (exact) mass is 346 g/mol. The van der Waals surface area contributed by atoms with Gasteiger partial charge in [0.15, 0.2) is 0 Å². The van der Waals surface area contributed by atoms with Crippen molar-refractivity contribution in [3.8, 4) is 0 Å². The number of esters is 1. The van der Waals surface area contributed by atoms with Crippen LogP contribution in [0.4, 0.5) is 0 Å². The molecule has 1 saturated heterocycles. The second-order valence-electron chi connectivity index (χ2n) is 9.56. The van der Waals surface area contributed by atoms with Crippen molar-refractivity contribution >= 4 is 5.97 Å². The van der Waals surface area contributed by atoms with Crippen LogP contribution in [0.1, 0.15) is 59.3 Å². The number of ether oxygens (including phenoxy) is 3. The van der Waals surface area contributed by atoms with Crippen molar-refractivity contribution in [2.24, 2.45) is 23.2 Å². The molecule has 5 aliphatic rings. The minimum Gasteiger partial charge on any atom is -0.458 e. The molecule has 4 heteroatoms. The standard InChI is InChI=1S/C21H30O4/c1-12(2)13-5-8-21(23-4)19(3)7-6-14-15(11-24-18(14)22)16(19)9-17-20(21,10-13)25-17/h12-13,16-17H,5-11H2,1-4H3. The van der Waals surface area contributed by atoms with Crippen LogP contribution in [-0.4, -0.2) is 37.0 Å². The van der Waals surface area contributed by atoms with E-state index >= 15 is 0 Å². The van der Waals surface area contributed by atoms with Crippen LogP contribution in [0.25, 0.3) is 0 Å². The zero-order valence-electron chi connectivity index (χ0n) is 15.9. The van der Waals surface area contributed by atoms with E-state index < -0.39 is 0 Å². The van der Waals surface area contributed by atoms with E-state index in [0.717, 1.165) is 43.6 Å². The molecule has 0 radical (unpaired) electrons. The van der Waals surface area contributed by atoms with Gasteiger partial charge in [-0.05, 0) is 61.9 Å². The highest BCUT2D eigenvalue weighted by molar-refractivity contribution is 5.92. The van der Waals surface area contributed by atoms with E-state index in [1.54, 1.807) is 0 Å². The molecule has 2 aliphatic heterocycles. The lowest BCUT2D eigenvalue weighted by atomic mass is 9.45. The lowest BCUT2D eigenvalue weighted by molar-refractivity contribution is -0.208. The Balaban J connectivity index is 1.59. The summed E-state index contributed by atoms with van der Waals surface area (Å²) < 4.78 is 18.3. The summed E-state index contributed by atoms with van der Waals surface area (Å²) in [5, 5.41) is 0. The van der Waals surface area contributed by atoms with Crippen molar-refractivity contribution < 1.29 is 19.0 Å². The number of fused-ring (bicyclic) bond motifs is 3. The molecule has 25 heavy (non-hydrogen) atoms. The first kappa shape index (κ1) is 16.3. The van der Waals surface area contributed by atoms with Crippen LogP contribution in [0.3, 0.4) is 0 Å². The number of hydrogen-bond acceptors (Lipinski definition) is 4. The van der Waals surface area contributed by atoms with Crippen LogP contribution in [0.15, 0.2) is 11.1 Å². The van der Waals surface area contributed by atoms with Gasteiger partial charge in [0.2, 0.25) is 0 Å². The molecular formula is C21H30O4. The maximum atomic E-state index is 12.1. The molecule has 0 amide bonds. The highest BCUT2D eigenvalue weighted by atomic mass is 16.6. The van der Waals surface area contributed by atoms with Gasteiger partial charge in [-0.25, -0.2) is 4.79 Å². The van der Waals surface area contributed by atoms with E-state index in [1.165, 1.54) is 12.0 Å². The van der Waals surface area contributed by atoms with E-state index in [0.29, 0.717) is 18.4 Å². The molecule has 138 valence electrons. The number of rotatable bonds is 2. The van der Waals surface area contributed by atoms with Crippen molar-refractivity contribution in [1.29, 1.82) is 0 Å². The first-order chi connectivity index (χ1) is 11.9. The lowest BCUT2D eigenvalue weighted by Gasteiger charge is -2.61. The minimum absolute atomic E-state index is 0.0313. The molecule has 0 aromatic carbocycles. The molecule has 2 heterocycles. The molecule has 1 spiro atoms. The van der Waals surface area contributed by atoms with Crippen LogP contribution in [0.2, 0.25) is 0 Å². The number of carbonyl (C=O) groups excluding carboxylic acids is 1. The third-order valence-corrected chi connectivity index (χ3v) is 8.67. The maximum Gasteiger partial charge on any atom is 0.334 e. The Labute approximate surface area is 150 Å². The van der Waals surface area contributed by atoms with Gasteiger partial charge in [0.05, 0.1) is 6.10 Å². The Hall–Kier alpha value is -0.870. The number of cyclic esters (lactones) is 1. The molecule has 3 fully saturated rings. The molecule has 0 aromatic heterocycles. The van der Waals surface area contributed by atoms with Gasteiger partial charge in [-0.3, -0.25) is 0 Å². The molecule has 2 saturated carbocycles. The SMILES string of the molecule is COC12CCC(C(C)C)CC13OC3CC1C3=C(CCC12C)C(=O)OC3. The van der Waals surface area contributed by atoms with Gasteiger partial charge >= 0.3 is 5.97 Å². The Morgan fingerprint density at radius 2 is 2.08 bits per heavy atom.